The van der Waals surface area contributed by atoms with E-state index in [0.717, 1.165) is 18.8 Å². The molecule has 0 aromatic heterocycles. The maximum Gasteiger partial charge on any atom is 0.119 e. The standard InChI is InChI=1S/C12H19NO2/c1-10(13)9-15-12-5-3-11(4-6-12)7-8-14-2/h3-6,10H,7-9,13H2,1-2H3/t10-/m1/s1. The molecule has 15 heavy (non-hydrogen) atoms. The van der Waals surface area contributed by atoms with Gasteiger partial charge in [0.2, 0.25) is 0 Å². The Kier molecular flexibility index (Phi) is 5.15. The van der Waals surface area contributed by atoms with E-state index >= 15 is 0 Å². The van der Waals surface area contributed by atoms with Gasteiger partial charge in [-0.2, -0.15) is 0 Å². The molecule has 0 saturated heterocycles. The third kappa shape index (κ3) is 4.81. The molecule has 0 radical (unpaired) electrons. The second-order valence-corrected chi connectivity index (χ2v) is 3.68. The molecule has 84 valence electrons. The van der Waals surface area contributed by atoms with Gasteiger partial charge >= 0.3 is 0 Å². The molecule has 0 amide bonds. The maximum atomic E-state index is 5.59. The first-order valence-corrected chi connectivity index (χ1v) is 5.18. The molecule has 0 heterocycles. The largest absolute Gasteiger partial charge is 0.492 e. The van der Waals surface area contributed by atoms with Crippen LogP contribution in [0.4, 0.5) is 0 Å². The maximum absolute atomic E-state index is 5.59. The minimum atomic E-state index is 0.0677. The fraction of sp³-hybridized carbons (Fsp3) is 0.500. The molecule has 1 aromatic rings. The minimum absolute atomic E-state index is 0.0677. The molecule has 3 nitrogen and oxygen atoms in total. The summed E-state index contributed by atoms with van der Waals surface area (Å²) < 4.78 is 10.5. The molecule has 0 fully saturated rings. The molecule has 2 N–H and O–H groups in total. The van der Waals surface area contributed by atoms with Gasteiger partial charge in [-0.25, -0.2) is 0 Å². The van der Waals surface area contributed by atoms with Crippen molar-refractivity contribution in [3.63, 3.8) is 0 Å². The van der Waals surface area contributed by atoms with Crippen LogP contribution in [0.5, 0.6) is 5.75 Å². The Hall–Kier alpha value is -1.06. The Bertz CT molecular complexity index is 269. The lowest BCUT2D eigenvalue weighted by Gasteiger charge is -2.09. The Labute approximate surface area is 91.2 Å². The van der Waals surface area contributed by atoms with Crippen LogP contribution in [-0.2, 0) is 11.2 Å². The van der Waals surface area contributed by atoms with E-state index in [1.165, 1.54) is 5.56 Å². The first-order chi connectivity index (χ1) is 7.22. The van der Waals surface area contributed by atoms with E-state index in [-0.39, 0.29) is 6.04 Å². The van der Waals surface area contributed by atoms with Crippen molar-refractivity contribution in [2.24, 2.45) is 5.73 Å². The van der Waals surface area contributed by atoms with Crippen LogP contribution in [0.15, 0.2) is 24.3 Å². The van der Waals surface area contributed by atoms with Crippen LogP contribution in [0.3, 0.4) is 0 Å². The molecule has 0 saturated carbocycles. The molecule has 0 spiro atoms. The Morgan fingerprint density at radius 1 is 1.27 bits per heavy atom. The fourth-order valence-electron chi connectivity index (χ4n) is 1.20. The zero-order valence-corrected chi connectivity index (χ0v) is 9.40. The fourth-order valence-corrected chi connectivity index (χ4v) is 1.20. The van der Waals surface area contributed by atoms with Crippen molar-refractivity contribution in [2.75, 3.05) is 20.3 Å². The zero-order chi connectivity index (χ0) is 11.1. The highest BCUT2D eigenvalue weighted by Gasteiger charge is 1.97. The summed E-state index contributed by atoms with van der Waals surface area (Å²) in [7, 11) is 1.71. The van der Waals surface area contributed by atoms with Crippen LogP contribution >= 0.6 is 0 Å². The molecular formula is C12H19NO2. The van der Waals surface area contributed by atoms with Crippen molar-refractivity contribution in [1.29, 1.82) is 0 Å². The van der Waals surface area contributed by atoms with Gasteiger partial charge in [0.1, 0.15) is 12.4 Å². The third-order valence-electron chi connectivity index (χ3n) is 2.03. The van der Waals surface area contributed by atoms with Gasteiger partial charge in [0.15, 0.2) is 0 Å². The summed E-state index contributed by atoms with van der Waals surface area (Å²) in [5.41, 5.74) is 6.85. The van der Waals surface area contributed by atoms with E-state index in [1.54, 1.807) is 7.11 Å². The molecule has 1 atom stereocenters. The van der Waals surface area contributed by atoms with E-state index in [1.807, 2.05) is 19.1 Å². The summed E-state index contributed by atoms with van der Waals surface area (Å²) in [5, 5.41) is 0. The van der Waals surface area contributed by atoms with Crippen LogP contribution in [0, 0.1) is 0 Å². The van der Waals surface area contributed by atoms with E-state index in [4.69, 9.17) is 15.2 Å². The molecule has 0 bridgehead atoms. The van der Waals surface area contributed by atoms with Gasteiger partial charge in [-0.1, -0.05) is 12.1 Å². The van der Waals surface area contributed by atoms with Crippen LogP contribution < -0.4 is 10.5 Å². The summed E-state index contributed by atoms with van der Waals surface area (Å²) in [5.74, 6) is 0.869. The Morgan fingerprint density at radius 2 is 1.93 bits per heavy atom. The number of rotatable bonds is 6. The monoisotopic (exact) mass is 209 g/mol. The van der Waals surface area contributed by atoms with Crippen LogP contribution in [0.1, 0.15) is 12.5 Å². The molecule has 1 aromatic carbocycles. The van der Waals surface area contributed by atoms with Crippen LogP contribution in [0.25, 0.3) is 0 Å². The molecule has 0 aliphatic carbocycles. The first-order valence-electron chi connectivity index (χ1n) is 5.18. The molecule has 0 aliphatic heterocycles. The number of ether oxygens (including phenoxy) is 2. The van der Waals surface area contributed by atoms with E-state index in [9.17, 15) is 0 Å². The zero-order valence-electron chi connectivity index (χ0n) is 9.40. The number of benzene rings is 1. The number of nitrogens with two attached hydrogens (primary N) is 1. The van der Waals surface area contributed by atoms with Crippen molar-refractivity contribution in [1.82, 2.24) is 0 Å². The molecule has 3 heteroatoms. The highest BCUT2D eigenvalue weighted by atomic mass is 16.5. The SMILES string of the molecule is COCCc1ccc(OC[C@@H](C)N)cc1. The average molecular weight is 209 g/mol. The Morgan fingerprint density at radius 3 is 2.47 bits per heavy atom. The predicted octanol–water partition coefficient (Wildman–Crippen LogP) is 1.60. The van der Waals surface area contributed by atoms with Crippen LogP contribution in [-0.4, -0.2) is 26.4 Å². The third-order valence-corrected chi connectivity index (χ3v) is 2.03. The van der Waals surface area contributed by atoms with Crippen molar-refractivity contribution >= 4 is 0 Å². The first kappa shape index (κ1) is 12.0. The topological polar surface area (TPSA) is 44.5 Å². The number of hydrogen-bond donors (Lipinski definition) is 1. The number of methoxy groups -OCH3 is 1. The highest BCUT2D eigenvalue weighted by Crippen LogP contribution is 2.12. The van der Waals surface area contributed by atoms with Gasteiger partial charge in [0.25, 0.3) is 0 Å². The smallest absolute Gasteiger partial charge is 0.119 e. The van der Waals surface area contributed by atoms with Gasteiger partial charge in [-0.05, 0) is 31.0 Å². The van der Waals surface area contributed by atoms with E-state index in [2.05, 4.69) is 12.1 Å². The van der Waals surface area contributed by atoms with Crippen molar-refractivity contribution < 1.29 is 9.47 Å². The average Bonchev–Trinajstić information content (AvgIpc) is 2.25. The normalized spacial score (nSPS) is 12.5. The van der Waals surface area contributed by atoms with E-state index in [0.29, 0.717) is 6.61 Å². The van der Waals surface area contributed by atoms with Gasteiger partial charge < -0.3 is 15.2 Å². The van der Waals surface area contributed by atoms with Gasteiger partial charge in [-0.3, -0.25) is 0 Å². The molecule has 0 unspecified atom stereocenters. The lowest BCUT2D eigenvalue weighted by Crippen LogP contribution is -2.23. The highest BCUT2D eigenvalue weighted by molar-refractivity contribution is 5.27. The van der Waals surface area contributed by atoms with Gasteiger partial charge in [0.05, 0.1) is 6.61 Å². The lowest BCUT2D eigenvalue weighted by atomic mass is 10.1. The second-order valence-electron chi connectivity index (χ2n) is 3.68. The van der Waals surface area contributed by atoms with Crippen molar-refractivity contribution in [2.45, 2.75) is 19.4 Å². The summed E-state index contributed by atoms with van der Waals surface area (Å²) in [6, 6.07) is 8.10. The lowest BCUT2D eigenvalue weighted by molar-refractivity contribution is 0.202. The summed E-state index contributed by atoms with van der Waals surface area (Å²) in [6.07, 6.45) is 0.935. The van der Waals surface area contributed by atoms with Crippen LogP contribution in [0.2, 0.25) is 0 Å². The van der Waals surface area contributed by atoms with E-state index < -0.39 is 0 Å². The second kappa shape index (κ2) is 6.43. The van der Waals surface area contributed by atoms with Crippen molar-refractivity contribution in [3.05, 3.63) is 29.8 Å². The van der Waals surface area contributed by atoms with Crippen molar-refractivity contribution in [3.8, 4) is 5.75 Å². The minimum Gasteiger partial charge on any atom is -0.492 e. The molecule has 0 aliphatic rings. The van der Waals surface area contributed by atoms with Gasteiger partial charge in [-0.15, -0.1) is 0 Å². The molecule has 1 rings (SSSR count). The number of hydrogen-bond acceptors (Lipinski definition) is 3. The molecular weight excluding hydrogens is 190 g/mol. The Balaban J connectivity index is 2.41. The summed E-state index contributed by atoms with van der Waals surface area (Å²) >= 11 is 0. The summed E-state index contributed by atoms with van der Waals surface area (Å²) in [6.45, 7) is 3.23. The predicted molar refractivity (Wildman–Crippen MR) is 61.2 cm³/mol. The summed E-state index contributed by atoms with van der Waals surface area (Å²) in [4.78, 5) is 0. The van der Waals surface area contributed by atoms with Gasteiger partial charge in [0, 0.05) is 13.2 Å². The quantitative estimate of drug-likeness (QED) is 0.774.